The highest BCUT2D eigenvalue weighted by molar-refractivity contribution is 7.10. The van der Waals surface area contributed by atoms with Crippen LogP contribution in [-0.2, 0) is 11.2 Å². The molecule has 1 N–H and O–H groups in total. The molecule has 0 saturated carbocycles. The van der Waals surface area contributed by atoms with Crippen LogP contribution in [-0.4, -0.2) is 31.3 Å². The Morgan fingerprint density at radius 2 is 2.47 bits per heavy atom. The molecule has 1 aliphatic carbocycles. The largest absolute Gasteiger partial charge is 0.480 e. The standard InChI is InChI=1S/C12H14N4O2S/c1-7(12(17)18)16-11(13-14-15-16)9-3-2-4-10-8(9)5-6-19-10/h5-7,9H,2-4H2,1H3,(H,17,18). The summed E-state index contributed by atoms with van der Waals surface area (Å²) in [5, 5.41) is 22.8. The van der Waals surface area contributed by atoms with E-state index in [1.165, 1.54) is 15.1 Å². The van der Waals surface area contributed by atoms with Gasteiger partial charge in [0.15, 0.2) is 5.82 Å². The molecular weight excluding hydrogens is 264 g/mol. The van der Waals surface area contributed by atoms with Gasteiger partial charge < -0.3 is 5.11 Å². The second-order valence-electron chi connectivity index (χ2n) is 4.74. The van der Waals surface area contributed by atoms with Crippen LogP contribution in [0.3, 0.4) is 0 Å². The molecule has 2 unspecified atom stereocenters. The number of nitrogens with zero attached hydrogens (tertiary/aromatic N) is 4. The minimum atomic E-state index is -0.921. The predicted molar refractivity (Wildman–Crippen MR) is 69.3 cm³/mol. The molecule has 2 atom stereocenters. The second kappa shape index (κ2) is 4.73. The summed E-state index contributed by atoms with van der Waals surface area (Å²) in [6, 6.07) is 1.36. The van der Waals surface area contributed by atoms with Crippen LogP contribution in [0.25, 0.3) is 0 Å². The minimum absolute atomic E-state index is 0.117. The molecule has 0 fully saturated rings. The monoisotopic (exact) mass is 278 g/mol. The van der Waals surface area contributed by atoms with Gasteiger partial charge in [0.25, 0.3) is 0 Å². The van der Waals surface area contributed by atoms with Gasteiger partial charge in [-0.25, -0.2) is 9.48 Å². The fourth-order valence-corrected chi connectivity index (χ4v) is 3.55. The molecule has 19 heavy (non-hydrogen) atoms. The van der Waals surface area contributed by atoms with Crippen LogP contribution in [0, 0.1) is 0 Å². The highest BCUT2D eigenvalue weighted by atomic mass is 32.1. The Labute approximate surface area is 114 Å². The Morgan fingerprint density at radius 3 is 3.26 bits per heavy atom. The van der Waals surface area contributed by atoms with Crippen molar-refractivity contribution in [2.75, 3.05) is 0 Å². The van der Waals surface area contributed by atoms with Gasteiger partial charge in [-0.3, -0.25) is 0 Å². The molecule has 2 aromatic heterocycles. The first kappa shape index (κ1) is 12.3. The minimum Gasteiger partial charge on any atom is -0.480 e. The summed E-state index contributed by atoms with van der Waals surface area (Å²) in [5.74, 6) is -0.143. The zero-order valence-electron chi connectivity index (χ0n) is 10.5. The van der Waals surface area contributed by atoms with Crippen molar-refractivity contribution >= 4 is 17.3 Å². The SMILES string of the molecule is CC(C(=O)O)n1nnnc1C1CCCc2sccc21. The first-order valence-electron chi connectivity index (χ1n) is 6.25. The van der Waals surface area contributed by atoms with Crippen LogP contribution in [0.2, 0.25) is 0 Å². The normalized spacial score (nSPS) is 19.9. The first-order valence-corrected chi connectivity index (χ1v) is 7.13. The van der Waals surface area contributed by atoms with Gasteiger partial charge in [-0.1, -0.05) is 0 Å². The smallest absolute Gasteiger partial charge is 0.328 e. The summed E-state index contributed by atoms with van der Waals surface area (Å²) in [5.41, 5.74) is 1.25. The molecule has 6 nitrogen and oxygen atoms in total. The van der Waals surface area contributed by atoms with E-state index in [9.17, 15) is 4.79 Å². The summed E-state index contributed by atoms with van der Waals surface area (Å²) in [6.45, 7) is 1.60. The zero-order chi connectivity index (χ0) is 13.4. The van der Waals surface area contributed by atoms with Crippen molar-refractivity contribution in [3.05, 3.63) is 27.7 Å². The van der Waals surface area contributed by atoms with E-state index in [2.05, 4.69) is 27.0 Å². The highest BCUT2D eigenvalue weighted by Gasteiger charge is 2.30. The lowest BCUT2D eigenvalue weighted by molar-refractivity contribution is -0.140. The summed E-state index contributed by atoms with van der Waals surface area (Å²) in [7, 11) is 0. The van der Waals surface area contributed by atoms with Crippen molar-refractivity contribution in [3.63, 3.8) is 0 Å². The van der Waals surface area contributed by atoms with E-state index in [1.807, 2.05) is 0 Å². The lowest BCUT2D eigenvalue weighted by Crippen LogP contribution is -2.22. The number of aryl methyl sites for hydroxylation is 1. The molecule has 3 rings (SSSR count). The number of hydrogen-bond acceptors (Lipinski definition) is 5. The molecule has 0 amide bonds. The van der Waals surface area contributed by atoms with Gasteiger partial charge in [0.1, 0.15) is 6.04 Å². The number of carboxylic acids is 1. The van der Waals surface area contributed by atoms with E-state index in [4.69, 9.17) is 5.11 Å². The first-order chi connectivity index (χ1) is 9.18. The van der Waals surface area contributed by atoms with E-state index < -0.39 is 12.0 Å². The topological polar surface area (TPSA) is 80.9 Å². The summed E-state index contributed by atoms with van der Waals surface area (Å²) in [4.78, 5) is 12.5. The maximum atomic E-state index is 11.1. The third-order valence-electron chi connectivity index (χ3n) is 3.61. The lowest BCUT2D eigenvalue weighted by Gasteiger charge is -2.22. The van der Waals surface area contributed by atoms with Crippen molar-refractivity contribution < 1.29 is 9.90 Å². The predicted octanol–water partition coefficient (Wildman–Crippen LogP) is 1.85. The van der Waals surface area contributed by atoms with Crippen molar-refractivity contribution in [1.82, 2.24) is 20.2 Å². The molecular formula is C12H14N4O2S. The van der Waals surface area contributed by atoms with Gasteiger partial charge in [-0.2, -0.15) is 0 Å². The molecule has 0 aliphatic heterocycles. The van der Waals surface area contributed by atoms with Crippen LogP contribution < -0.4 is 0 Å². The Hall–Kier alpha value is -1.76. The van der Waals surface area contributed by atoms with Gasteiger partial charge in [0.05, 0.1) is 0 Å². The van der Waals surface area contributed by atoms with Crippen molar-refractivity contribution in [1.29, 1.82) is 0 Å². The zero-order valence-corrected chi connectivity index (χ0v) is 11.3. The fourth-order valence-electron chi connectivity index (χ4n) is 2.57. The molecule has 0 aromatic carbocycles. The lowest BCUT2D eigenvalue weighted by atomic mass is 9.87. The fraction of sp³-hybridized carbons (Fsp3) is 0.500. The van der Waals surface area contributed by atoms with Gasteiger partial charge in [-0.15, -0.1) is 16.4 Å². The third kappa shape index (κ3) is 2.03. The number of fused-ring (bicyclic) bond motifs is 1. The summed E-state index contributed by atoms with van der Waals surface area (Å²) in [6.07, 6.45) is 3.16. The Bertz CT molecular complexity index is 606. The van der Waals surface area contributed by atoms with Crippen LogP contribution >= 0.6 is 11.3 Å². The van der Waals surface area contributed by atoms with E-state index in [1.54, 1.807) is 18.3 Å². The average Bonchev–Trinajstić information content (AvgIpc) is 3.05. The molecule has 0 saturated heterocycles. The number of aliphatic carboxylic acids is 1. The molecule has 0 bridgehead atoms. The molecule has 0 spiro atoms. The Balaban J connectivity index is 2.01. The maximum absolute atomic E-state index is 11.1. The molecule has 7 heteroatoms. The van der Waals surface area contributed by atoms with E-state index >= 15 is 0 Å². The number of thiophene rings is 1. The Morgan fingerprint density at radius 1 is 1.63 bits per heavy atom. The number of aromatic nitrogens is 4. The molecule has 0 radical (unpaired) electrons. The van der Waals surface area contributed by atoms with Crippen molar-refractivity contribution in [3.8, 4) is 0 Å². The average molecular weight is 278 g/mol. The van der Waals surface area contributed by atoms with Gasteiger partial charge in [-0.05, 0) is 53.6 Å². The molecule has 2 aromatic rings. The van der Waals surface area contributed by atoms with Crippen LogP contribution in [0.5, 0.6) is 0 Å². The number of hydrogen-bond donors (Lipinski definition) is 1. The van der Waals surface area contributed by atoms with E-state index in [0.29, 0.717) is 5.82 Å². The van der Waals surface area contributed by atoms with Crippen molar-refractivity contribution in [2.45, 2.75) is 38.1 Å². The second-order valence-corrected chi connectivity index (χ2v) is 5.74. The van der Waals surface area contributed by atoms with E-state index in [-0.39, 0.29) is 5.92 Å². The van der Waals surface area contributed by atoms with Crippen LogP contribution in [0.1, 0.15) is 48.0 Å². The quantitative estimate of drug-likeness (QED) is 0.926. The number of tetrazole rings is 1. The van der Waals surface area contributed by atoms with Crippen LogP contribution in [0.4, 0.5) is 0 Å². The van der Waals surface area contributed by atoms with Gasteiger partial charge >= 0.3 is 5.97 Å². The Kier molecular flexibility index (Phi) is 3.06. The number of carboxylic acid groups (broad SMARTS) is 1. The highest BCUT2D eigenvalue weighted by Crippen LogP contribution is 2.38. The van der Waals surface area contributed by atoms with E-state index in [0.717, 1.165) is 19.3 Å². The molecule has 100 valence electrons. The number of rotatable bonds is 3. The van der Waals surface area contributed by atoms with Gasteiger partial charge in [0.2, 0.25) is 0 Å². The van der Waals surface area contributed by atoms with Gasteiger partial charge in [0, 0.05) is 10.8 Å². The van der Waals surface area contributed by atoms with Crippen molar-refractivity contribution in [2.24, 2.45) is 0 Å². The maximum Gasteiger partial charge on any atom is 0.328 e. The molecule has 1 aliphatic rings. The molecule has 2 heterocycles. The third-order valence-corrected chi connectivity index (χ3v) is 4.60. The summed E-state index contributed by atoms with van der Waals surface area (Å²) >= 11 is 1.75. The van der Waals surface area contributed by atoms with Crippen LogP contribution in [0.15, 0.2) is 11.4 Å². The number of carbonyl (C=O) groups is 1. The summed E-state index contributed by atoms with van der Waals surface area (Å²) < 4.78 is 1.43.